The van der Waals surface area contributed by atoms with Crippen LogP contribution in [-0.4, -0.2) is 26.9 Å². The summed E-state index contributed by atoms with van der Waals surface area (Å²) < 4.78 is 41.0. The summed E-state index contributed by atoms with van der Waals surface area (Å²) in [6.45, 7) is 5.74. The van der Waals surface area contributed by atoms with Gasteiger partial charge >= 0.3 is 0 Å². The largest absolute Gasteiger partial charge is 0.352 e. The summed E-state index contributed by atoms with van der Waals surface area (Å²) in [4.78, 5) is 12.8. The predicted molar refractivity (Wildman–Crippen MR) is 129 cm³/mol. The molecule has 7 heteroatoms. The van der Waals surface area contributed by atoms with E-state index < -0.39 is 21.7 Å². The van der Waals surface area contributed by atoms with E-state index in [9.17, 15) is 17.6 Å². The van der Waals surface area contributed by atoms with Gasteiger partial charge in [-0.05, 0) is 60.7 Å². The first-order valence-corrected chi connectivity index (χ1v) is 12.2. The lowest BCUT2D eigenvalue weighted by molar-refractivity contribution is -0.120. The molecule has 1 amide bonds. The molecule has 0 radical (unpaired) electrons. The van der Waals surface area contributed by atoms with Gasteiger partial charge in [-0.3, -0.25) is 9.10 Å². The van der Waals surface area contributed by atoms with Crippen molar-refractivity contribution in [3.05, 3.63) is 96.3 Å². The van der Waals surface area contributed by atoms with Crippen LogP contribution < -0.4 is 9.62 Å². The molecule has 0 aliphatic rings. The van der Waals surface area contributed by atoms with Gasteiger partial charge < -0.3 is 5.32 Å². The fourth-order valence-corrected chi connectivity index (χ4v) is 5.34. The van der Waals surface area contributed by atoms with E-state index in [-0.39, 0.29) is 22.9 Å². The molecule has 0 bridgehead atoms. The summed E-state index contributed by atoms with van der Waals surface area (Å²) >= 11 is 0. The van der Waals surface area contributed by atoms with Crippen LogP contribution in [0.15, 0.2) is 89.8 Å². The number of hydrogen-bond acceptors (Lipinski definition) is 3. The summed E-state index contributed by atoms with van der Waals surface area (Å²) in [7, 11) is -4.07. The van der Waals surface area contributed by atoms with Crippen LogP contribution in [-0.2, 0) is 20.2 Å². The van der Waals surface area contributed by atoms with Gasteiger partial charge in [-0.2, -0.15) is 0 Å². The smallest absolute Gasteiger partial charge is 0.264 e. The van der Waals surface area contributed by atoms with E-state index in [1.165, 1.54) is 12.1 Å². The zero-order valence-electron chi connectivity index (χ0n) is 19.0. The lowest BCUT2D eigenvalue weighted by Crippen LogP contribution is -2.45. The van der Waals surface area contributed by atoms with Crippen molar-refractivity contribution in [1.82, 2.24) is 5.32 Å². The fourth-order valence-electron chi connectivity index (χ4n) is 3.92. The number of halogens is 1. The van der Waals surface area contributed by atoms with Gasteiger partial charge in [0, 0.05) is 6.04 Å². The number of hydrogen-bond donors (Lipinski definition) is 1. The molecular formula is C26H29FN2O3S. The summed E-state index contributed by atoms with van der Waals surface area (Å²) in [6.07, 6.45) is 0.679. The van der Waals surface area contributed by atoms with Crippen LogP contribution in [0.2, 0.25) is 0 Å². The molecule has 3 rings (SSSR count). The van der Waals surface area contributed by atoms with Crippen molar-refractivity contribution in [2.75, 3.05) is 10.8 Å². The van der Waals surface area contributed by atoms with E-state index in [0.717, 1.165) is 22.0 Å². The van der Waals surface area contributed by atoms with Crippen LogP contribution in [0.25, 0.3) is 0 Å². The molecule has 0 aliphatic carbocycles. The minimum Gasteiger partial charge on any atom is -0.352 e. The molecule has 1 atom stereocenters. The van der Waals surface area contributed by atoms with Crippen LogP contribution in [0.4, 0.5) is 10.1 Å². The maximum absolute atomic E-state index is 13.3. The summed E-state index contributed by atoms with van der Waals surface area (Å²) in [5.74, 6) is -0.950. The fraction of sp³-hybridized carbons (Fsp3) is 0.269. The maximum Gasteiger partial charge on any atom is 0.264 e. The average molecular weight is 469 g/mol. The normalized spacial score (nSPS) is 12.7. The zero-order valence-corrected chi connectivity index (χ0v) is 19.8. The number of amides is 1. The first-order chi connectivity index (χ1) is 15.6. The number of sulfonamides is 1. The number of para-hydroxylation sites is 1. The van der Waals surface area contributed by atoms with Gasteiger partial charge in [0.25, 0.3) is 10.0 Å². The Hall–Kier alpha value is -3.19. The molecule has 0 heterocycles. The van der Waals surface area contributed by atoms with Crippen molar-refractivity contribution in [3.63, 3.8) is 0 Å². The Morgan fingerprint density at radius 2 is 1.48 bits per heavy atom. The third-order valence-electron chi connectivity index (χ3n) is 5.51. The molecule has 0 aromatic heterocycles. The Morgan fingerprint density at radius 1 is 0.939 bits per heavy atom. The summed E-state index contributed by atoms with van der Waals surface area (Å²) in [6, 6.07) is 22.8. The minimum atomic E-state index is -4.07. The standard InChI is InChI=1S/C26H29FN2O3S/c1-20(18-26(2,3)21-10-6-4-7-11-21)28-25(30)19-29(23-12-8-5-9-13-23)33(31,32)24-16-14-22(27)15-17-24/h4-17,20H,18-19H2,1-3H3,(H,28,30). The van der Waals surface area contributed by atoms with Gasteiger partial charge in [-0.15, -0.1) is 0 Å². The van der Waals surface area contributed by atoms with E-state index in [0.29, 0.717) is 12.1 Å². The highest BCUT2D eigenvalue weighted by atomic mass is 32.2. The van der Waals surface area contributed by atoms with Gasteiger partial charge in [0.1, 0.15) is 12.4 Å². The topological polar surface area (TPSA) is 66.5 Å². The van der Waals surface area contributed by atoms with E-state index in [2.05, 4.69) is 31.3 Å². The molecule has 0 saturated heterocycles. The van der Waals surface area contributed by atoms with Gasteiger partial charge in [0.15, 0.2) is 0 Å². The second-order valence-corrected chi connectivity index (χ2v) is 10.6. The Labute approximate surface area is 195 Å². The second-order valence-electron chi connectivity index (χ2n) is 8.72. The molecule has 1 N–H and O–H groups in total. The number of anilines is 1. The van der Waals surface area contributed by atoms with Gasteiger partial charge in [-0.1, -0.05) is 62.4 Å². The zero-order chi connectivity index (χ0) is 24.1. The molecule has 5 nitrogen and oxygen atoms in total. The molecule has 174 valence electrons. The molecule has 0 aliphatic heterocycles. The van der Waals surface area contributed by atoms with Crippen molar-refractivity contribution in [2.24, 2.45) is 0 Å². The quantitative estimate of drug-likeness (QED) is 0.486. The Morgan fingerprint density at radius 3 is 2.06 bits per heavy atom. The number of rotatable bonds is 9. The Bertz CT molecular complexity index is 1170. The molecule has 0 fully saturated rings. The SMILES string of the molecule is CC(CC(C)(C)c1ccccc1)NC(=O)CN(c1ccccc1)S(=O)(=O)c1ccc(F)cc1. The van der Waals surface area contributed by atoms with Crippen molar-refractivity contribution < 1.29 is 17.6 Å². The van der Waals surface area contributed by atoms with Crippen LogP contribution in [0.1, 0.15) is 32.8 Å². The molecule has 3 aromatic rings. The van der Waals surface area contributed by atoms with Crippen molar-refractivity contribution >= 4 is 21.6 Å². The summed E-state index contributed by atoms with van der Waals surface area (Å²) in [5, 5.41) is 2.93. The third-order valence-corrected chi connectivity index (χ3v) is 7.30. The van der Waals surface area contributed by atoms with Crippen molar-refractivity contribution in [1.29, 1.82) is 0 Å². The van der Waals surface area contributed by atoms with Crippen LogP contribution in [0.5, 0.6) is 0 Å². The number of benzene rings is 3. The van der Waals surface area contributed by atoms with Gasteiger partial charge in [0.2, 0.25) is 5.91 Å². The van der Waals surface area contributed by atoms with Crippen molar-refractivity contribution in [2.45, 2.75) is 43.5 Å². The number of carbonyl (C=O) groups excluding carboxylic acids is 1. The van der Waals surface area contributed by atoms with Crippen LogP contribution in [0, 0.1) is 5.82 Å². The molecule has 1 unspecified atom stereocenters. The molecule has 33 heavy (non-hydrogen) atoms. The lowest BCUT2D eigenvalue weighted by atomic mass is 9.79. The lowest BCUT2D eigenvalue weighted by Gasteiger charge is -2.30. The van der Waals surface area contributed by atoms with E-state index >= 15 is 0 Å². The van der Waals surface area contributed by atoms with E-state index in [4.69, 9.17) is 0 Å². The number of nitrogens with one attached hydrogen (secondary N) is 1. The predicted octanol–water partition coefficient (Wildman–Crippen LogP) is 4.89. The minimum absolute atomic E-state index is 0.0844. The average Bonchev–Trinajstić information content (AvgIpc) is 2.78. The van der Waals surface area contributed by atoms with E-state index in [1.807, 2.05) is 25.1 Å². The number of nitrogens with zero attached hydrogens (tertiary/aromatic N) is 1. The van der Waals surface area contributed by atoms with Gasteiger partial charge in [-0.25, -0.2) is 12.8 Å². The first kappa shape index (κ1) is 24.5. The van der Waals surface area contributed by atoms with Crippen LogP contribution in [0.3, 0.4) is 0 Å². The molecule has 0 saturated carbocycles. The first-order valence-electron chi connectivity index (χ1n) is 10.8. The number of carbonyl (C=O) groups is 1. The maximum atomic E-state index is 13.3. The Kier molecular flexibility index (Phi) is 7.53. The third kappa shape index (κ3) is 6.20. The molecular weight excluding hydrogens is 439 g/mol. The monoisotopic (exact) mass is 468 g/mol. The summed E-state index contributed by atoms with van der Waals surface area (Å²) in [5.41, 5.74) is 1.35. The van der Waals surface area contributed by atoms with Crippen molar-refractivity contribution in [3.8, 4) is 0 Å². The van der Waals surface area contributed by atoms with Crippen LogP contribution >= 0.6 is 0 Å². The highest BCUT2D eigenvalue weighted by Gasteiger charge is 2.29. The highest BCUT2D eigenvalue weighted by molar-refractivity contribution is 7.92. The highest BCUT2D eigenvalue weighted by Crippen LogP contribution is 2.28. The second kappa shape index (κ2) is 10.2. The Balaban J connectivity index is 1.77. The van der Waals surface area contributed by atoms with Gasteiger partial charge in [0.05, 0.1) is 10.6 Å². The molecule has 0 spiro atoms. The van der Waals surface area contributed by atoms with E-state index in [1.54, 1.807) is 30.3 Å². The molecule has 3 aromatic carbocycles.